The Kier molecular flexibility index (Phi) is 4.43. The molecule has 0 saturated heterocycles. The summed E-state index contributed by atoms with van der Waals surface area (Å²) in [6, 6.07) is 7.04. The van der Waals surface area contributed by atoms with Crippen LogP contribution in [0.15, 0.2) is 36.7 Å². The Morgan fingerprint density at radius 1 is 1.14 bits per heavy atom. The van der Waals surface area contributed by atoms with E-state index < -0.39 is 0 Å². The van der Waals surface area contributed by atoms with Gasteiger partial charge in [-0.15, -0.1) is 0 Å². The van der Waals surface area contributed by atoms with Crippen molar-refractivity contribution in [2.24, 2.45) is 0 Å². The number of carbonyl (C=O) groups excluding carboxylic acids is 1. The maximum atomic E-state index is 12.1. The number of rotatable bonds is 3. The molecule has 1 amide bonds. The minimum Gasteiger partial charge on any atom is -0.350 e. The van der Waals surface area contributed by atoms with E-state index >= 15 is 0 Å². The highest BCUT2D eigenvalue weighted by Crippen LogP contribution is 2.21. The van der Waals surface area contributed by atoms with Gasteiger partial charge in [0.25, 0.3) is 5.91 Å². The minimum absolute atomic E-state index is 0.138. The lowest BCUT2D eigenvalue weighted by molar-refractivity contribution is 0.102. The van der Waals surface area contributed by atoms with Crippen LogP contribution >= 0.6 is 11.6 Å². The number of anilines is 2. The summed E-state index contributed by atoms with van der Waals surface area (Å²) in [6.45, 7) is 6.02. The molecule has 5 nitrogen and oxygen atoms in total. The first-order valence-corrected chi connectivity index (χ1v) is 6.89. The van der Waals surface area contributed by atoms with Crippen LogP contribution in [0.25, 0.3) is 0 Å². The van der Waals surface area contributed by atoms with Gasteiger partial charge >= 0.3 is 0 Å². The van der Waals surface area contributed by atoms with Gasteiger partial charge in [0, 0.05) is 17.9 Å². The summed E-state index contributed by atoms with van der Waals surface area (Å²) in [6.07, 6.45) is 2.96. The van der Waals surface area contributed by atoms with E-state index in [1.165, 1.54) is 12.4 Å². The summed E-state index contributed by atoms with van der Waals surface area (Å²) in [5.74, 6) is 0.183. The van der Waals surface area contributed by atoms with Crippen molar-refractivity contribution in [1.82, 2.24) is 9.97 Å². The molecule has 110 valence electrons. The van der Waals surface area contributed by atoms with Crippen molar-refractivity contribution >= 4 is 29.1 Å². The van der Waals surface area contributed by atoms with Crippen LogP contribution < -0.4 is 10.6 Å². The van der Waals surface area contributed by atoms with Crippen LogP contribution in [0.1, 0.15) is 31.1 Å². The predicted octanol–water partition coefficient (Wildman–Crippen LogP) is 3.59. The molecule has 2 aromatic rings. The fraction of sp³-hybridized carbons (Fsp3) is 0.267. The Morgan fingerprint density at radius 3 is 2.33 bits per heavy atom. The van der Waals surface area contributed by atoms with Gasteiger partial charge in [0.2, 0.25) is 5.95 Å². The number of hydrogen-bond acceptors (Lipinski definition) is 4. The number of amides is 1. The quantitative estimate of drug-likeness (QED) is 0.909. The van der Waals surface area contributed by atoms with E-state index in [-0.39, 0.29) is 11.4 Å². The van der Waals surface area contributed by atoms with Crippen LogP contribution in [0.5, 0.6) is 0 Å². The maximum Gasteiger partial charge on any atom is 0.258 e. The number of benzene rings is 1. The first-order chi connectivity index (χ1) is 9.85. The number of carbonyl (C=O) groups is 1. The monoisotopic (exact) mass is 304 g/mol. The molecule has 2 rings (SSSR count). The molecule has 0 aliphatic carbocycles. The Balaban J connectivity index is 2.08. The van der Waals surface area contributed by atoms with Crippen molar-refractivity contribution < 1.29 is 4.79 Å². The van der Waals surface area contributed by atoms with E-state index in [1.54, 1.807) is 24.3 Å². The number of aromatic nitrogens is 2. The molecule has 1 aromatic heterocycles. The Bertz CT molecular complexity index is 635. The third-order valence-electron chi connectivity index (χ3n) is 2.52. The third kappa shape index (κ3) is 4.43. The van der Waals surface area contributed by atoms with E-state index in [0.717, 1.165) is 0 Å². The fourth-order valence-corrected chi connectivity index (χ4v) is 1.79. The molecule has 0 fully saturated rings. The maximum absolute atomic E-state index is 12.1. The molecule has 2 N–H and O–H groups in total. The highest BCUT2D eigenvalue weighted by atomic mass is 35.5. The largest absolute Gasteiger partial charge is 0.350 e. The molecular formula is C15H17ClN4O. The van der Waals surface area contributed by atoms with Gasteiger partial charge in [-0.25, -0.2) is 9.97 Å². The standard InChI is InChI=1S/C15H17ClN4O/c1-15(2,3)20-14-17-8-10(9-18-14)13(21)19-12-7-5-4-6-11(12)16/h4-9H,1-3H3,(H,19,21)(H,17,18,20). The molecule has 0 bridgehead atoms. The van der Waals surface area contributed by atoms with Crippen molar-refractivity contribution in [1.29, 1.82) is 0 Å². The molecule has 6 heteroatoms. The van der Waals surface area contributed by atoms with Gasteiger partial charge in [0.1, 0.15) is 0 Å². The third-order valence-corrected chi connectivity index (χ3v) is 2.85. The SMILES string of the molecule is CC(C)(C)Nc1ncc(C(=O)Nc2ccccc2Cl)cn1. The Labute approximate surface area is 128 Å². The van der Waals surface area contributed by atoms with Crippen LogP contribution in [0.2, 0.25) is 5.02 Å². The van der Waals surface area contributed by atoms with Crippen LogP contribution in [-0.4, -0.2) is 21.4 Å². The van der Waals surface area contributed by atoms with E-state index in [2.05, 4.69) is 20.6 Å². The van der Waals surface area contributed by atoms with E-state index in [1.807, 2.05) is 20.8 Å². The van der Waals surface area contributed by atoms with Gasteiger partial charge in [-0.1, -0.05) is 23.7 Å². The lowest BCUT2D eigenvalue weighted by atomic mass is 10.1. The van der Waals surface area contributed by atoms with Crippen molar-refractivity contribution in [3.63, 3.8) is 0 Å². The normalized spacial score (nSPS) is 11.0. The highest BCUT2D eigenvalue weighted by Gasteiger charge is 2.13. The second-order valence-corrected chi connectivity index (χ2v) is 6.01. The number of halogens is 1. The van der Waals surface area contributed by atoms with E-state index in [0.29, 0.717) is 22.2 Å². The molecule has 0 unspecified atom stereocenters. The smallest absolute Gasteiger partial charge is 0.258 e. The Hall–Kier alpha value is -2.14. The number of para-hydroxylation sites is 1. The second-order valence-electron chi connectivity index (χ2n) is 5.60. The van der Waals surface area contributed by atoms with Crippen LogP contribution in [0.4, 0.5) is 11.6 Å². The zero-order chi connectivity index (χ0) is 15.5. The van der Waals surface area contributed by atoms with Crippen molar-refractivity contribution in [2.45, 2.75) is 26.3 Å². The fourth-order valence-electron chi connectivity index (χ4n) is 1.60. The molecule has 0 aliphatic rings. The van der Waals surface area contributed by atoms with E-state index in [4.69, 9.17) is 11.6 Å². The zero-order valence-electron chi connectivity index (χ0n) is 12.1. The number of nitrogens with zero attached hydrogens (tertiary/aromatic N) is 2. The van der Waals surface area contributed by atoms with Crippen LogP contribution in [0, 0.1) is 0 Å². The van der Waals surface area contributed by atoms with Crippen LogP contribution in [-0.2, 0) is 0 Å². The molecule has 0 spiro atoms. The summed E-state index contributed by atoms with van der Waals surface area (Å²) in [4.78, 5) is 20.4. The molecule has 21 heavy (non-hydrogen) atoms. The first-order valence-electron chi connectivity index (χ1n) is 6.51. The Morgan fingerprint density at radius 2 is 1.76 bits per heavy atom. The van der Waals surface area contributed by atoms with Crippen molar-refractivity contribution in [3.05, 3.63) is 47.2 Å². The van der Waals surface area contributed by atoms with E-state index in [9.17, 15) is 4.79 Å². The average Bonchev–Trinajstić information content (AvgIpc) is 2.40. The molecule has 0 aliphatic heterocycles. The van der Waals surface area contributed by atoms with Crippen molar-refractivity contribution in [2.75, 3.05) is 10.6 Å². The summed E-state index contributed by atoms with van der Waals surface area (Å²) >= 11 is 6.00. The number of hydrogen-bond donors (Lipinski definition) is 2. The molecule has 0 atom stereocenters. The highest BCUT2D eigenvalue weighted by molar-refractivity contribution is 6.33. The molecule has 0 saturated carbocycles. The summed E-state index contributed by atoms with van der Waals surface area (Å²) in [5.41, 5.74) is 0.789. The van der Waals surface area contributed by atoms with Crippen molar-refractivity contribution in [3.8, 4) is 0 Å². The number of nitrogens with one attached hydrogen (secondary N) is 2. The minimum atomic E-state index is -0.301. The average molecular weight is 305 g/mol. The van der Waals surface area contributed by atoms with Gasteiger partial charge in [-0.05, 0) is 32.9 Å². The molecule has 1 aromatic carbocycles. The molecule has 1 heterocycles. The summed E-state index contributed by atoms with van der Waals surface area (Å²) in [5, 5.41) is 6.34. The predicted molar refractivity (Wildman–Crippen MR) is 84.8 cm³/mol. The van der Waals surface area contributed by atoms with Gasteiger partial charge < -0.3 is 10.6 Å². The lowest BCUT2D eigenvalue weighted by Crippen LogP contribution is -2.27. The van der Waals surface area contributed by atoms with Gasteiger partial charge in [-0.3, -0.25) is 4.79 Å². The zero-order valence-corrected chi connectivity index (χ0v) is 12.9. The molecular weight excluding hydrogens is 288 g/mol. The van der Waals surface area contributed by atoms with Gasteiger partial charge in [0.05, 0.1) is 16.3 Å². The summed E-state index contributed by atoms with van der Waals surface area (Å²) < 4.78 is 0. The summed E-state index contributed by atoms with van der Waals surface area (Å²) in [7, 11) is 0. The van der Waals surface area contributed by atoms with Crippen LogP contribution in [0.3, 0.4) is 0 Å². The molecule has 0 radical (unpaired) electrons. The lowest BCUT2D eigenvalue weighted by Gasteiger charge is -2.20. The van der Waals surface area contributed by atoms with Gasteiger partial charge in [-0.2, -0.15) is 0 Å². The van der Waals surface area contributed by atoms with Gasteiger partial charge in [0.15, 0.2) is 0 Å². The first kappa shape index (κ1) is 15.3. The topological polar surface area (TPSA) is 66.9 Å². The second kappa shape index (κ2) is 6.10.